The number of benzene rings is 1. The molecule has 1 atom stereocenters. The van der Waals surface area contributed by atoms with Crippen LogP contribution < -0.4 is 16.0 Å². The molecule has 1 aromatic carbocycles. The minimum absolute atomic E-state index is 0.137. The average molecular weight is 410 g/mol. The quantitative estimate of drug-likeness (QED) is 0.400. The van der Waals surface area contributed by atoms with Gasteiger partial charge in [0.15, 0.2) is 5.11 Å². The Morgan fingerprint density at radius 2 is 1.81 bits per heavy atom. The van der Waals surface area contributed by atoms with E-state index < -0.39 is 9.96 Å². The fourth-order valence-electron chi connectivity index (χ4n) is 1.28. The highest BCUT2D eigenvalue weighted by atomic mass is 35.6. The maximum absolute atomic E-state index is 11.1. The summed E-state index contributed by atoms with van der Waals surface area (Å²) in [5.41, 5.74) is 0.591. The van der Waals surface area contributed by atoms with Crippen molar-refractivity contribution in [2.75, 3.05) is 5.32 Å². The van der Waals surface area contributed by atoms with Crippen LogP contribution in [-0.2, 0) is 4.79 Å². The molecule has 0 spiro atoms. The molecule has 3 N–H and O–H groups in total. The van der Waals surface area contributed by atoms with Crippen LogP contribution in [0.5, 0.6) is 0 Å². The first kappa shape index (κ1) is 18.9. The van der Waals surface area contributed by atoms with E-state index in [1.807, 2.05) is 0 Å². The highest BCUT2D eigenvalue weighted by Crippen LogP contribution is 2.29. The minimum atomic E-state index is -1.78. The van der Waals surface area contributed by atoms with E-state index in [2.05, 4.69) is 16.0 Å². The molecule has 1 rings (SSSR count). The van der Waals surface area contributed by atoms with Crippen molar-refractivity contribution in [2.24, 2.45) is 0 Å². The van der Waals surface area contributed by atoms with Gasteiger partial charge in [-0.3, -0.25) is 4.79 Å². The van der Waals surface area contributed by atoms with E-state index in [-0.39, 0.29) is 11.0 Å². The Labute approximate surface area is 152 Å². The molecular weight excluding hydrogens is 399 g/mol. The minimum Gasteiger partial charge on any atom is -0.339 e. The lowest BCUT2D eigenvalue weighted by Crippen LogP contribution is -2.55. The molecule has 0 heterocycles. The van der Waals surface area contributed by atoms with Crippen molar-refractivity contribution in [3.05, 3.63) is 28.2 Å². The third-order valence-electron chi connectivity index (χ3n) is 2.13. The third kappa shape index (κ3) is 6.63. The number of alkyl halides is 3. The van der Waals surface area contributed by atoms with Gasteiger partial charge in [-0.15, -0.1) is 0 Å². The van der Waals surface area contributed by atoms with Gasteiger partial charge in [-0.25, -0.2) is 0 Å². The highest BCUT2D eigenvalue weighted by Gasteiger charge is 2.33. The van der Waals surface area contributed by atoms with Gasteiger partial charge >= 0.3 is 0 Å². The average Bonchev–Trinajstić information content (AvgIpc) is 2.31. The van der Waals surface area contributed by atoms with Crippen LogP contribution in [0.2, 0.25) is 10.0 Å². The summed E-state index contributed by atoms with van der Waals surface area (Å²) < 4.78 is -1.78. The molecular formula is C11H10Cl5N3OS. The second-order valence-electron chi connectivity index (χ2n) is 3.90. The number of hydrogen-bond donors (Lipinski definition) is 3. The number of thiocarbonyl (C=S) groups is 1. The normalized spacial score (nSPS) is 12.5. The number of nitrogens with one attached hydrogen (secondary N) is 3. The van der Waals surface area contributed by atoms with Crippen LogP contribution in [0.15, 0.2) is 18.2 Å². The first-order valence-electron chi connectivity index (χ1n) is 5.46. The molecule has 0 unspecified atom stereocenters. The Morgan fingerprint density at radius 1 is 1.19 bits per heavy atom. The van der Waals surface area contributed by atoms with Crippen LogP contribution in [0.3, 0.4) is 0 Å². The van der Waals surface area contributed by atoms with Crippen LogP contribution >= 0.6 is 70.2 Å². The number of halogens is 5. The van der Waals surface area contributed by atoms with E-state index in [0.29, 0.717) is 15.7 Å². The van der Waals surface area contributed by atoms with Gasteiger partial charge in [-0.05, 0) is 30.4 Å². The summed E-state index contributed by atoms with van der Waals surface area (Å²) in [4.78, 5) is 11.1. The van der Waals surface area contributed by atoms with Crippen LogP contribution in [0.4, 0.5) is 5.69 Å². The van der Waals surface area contributed by atoms with Crippen LogP contribution in [-0.4, -0.2) is 21.0 Å². The van der Waals surface area contributed by atoms with Gasteiger partial charge in [-0.2, -0.15) is 0 Å². The molecule has 116 valence electrons. The van der Waals surface area contributed by atoms with Gasteiger partial charge in [0.25, 0.3) is 0 Å². The summed E-state index contributed by atoms with van der Waals surface area (Å²) in [6.45, 7) is 1.29. The molecule has 0 aliphatic carbocycles. The first-order chi connectivity index (χ1) is 9.59. The number of carbonyl (C=O) groups excluding carboxylic acids is 1. The SMILES string of the molecule is CC(=O)N[C@@H](NC(=S)Nc1ccc(Cl)c(Cl)c1)C(Cl)(Cl)Cl. The summed E-state index contributed by atoms with van der Waals surface area (Å²) in [7, 11) is 0. The maximum atomic E-state index is 11.1. The first-order valence-corrected chi connectivity index (χ1v) is 7.76. The Bertz CT molecular complexity index is 549. The number of carbonyl (C=O) groups is 1. The zero-order valence-electron chi connectivity index (χ0n) is 10.5. The molecule has 0 aliphatic rings. The van der Waals surface area contributed by atoms with Crippen LogP contribution in [0, 0.1) is 0 Å². The van der Waals surface area contributed by atoms with E-state index >= 15 is 0 Å². The molecule has 4 nitrogen and oxygen atoms in total. The Balaban J connectivity index is 2.73. The van der Waals surface area contributed by atoms with Crippen molar-refractivity contribution in [3.63, 3.8) is 0 Å². The third-order valence-corrected chi connectivity index (χ3v) is 3.74. The van der Waals surface area contributed by atoms with E-state index in [0.717, 1.165) is 0 Å². The lowest BCUT2D eigenvalue weighted by atomic mass is 10.3. The maximum Gasteiger partial charge on any atom is 0.228 e. The Hall–Kier alpha value is -0.170. The van der Waals surface area contributed by atoms with Crippen LogP contribution in [0.1, 0.15) is 6.92 Å². The second kappa shape index (κ2) is 7.90. The van der Waals surface area contributed by atoms with Crippen molar-refractivity contribution in [1.29, 1.82) is 0 Å². The molecule has 0 aromatic heterocycles. The van der Waals surface area contributed by atoms with Gasteiger partial charge in [0.05, 0.1) is 10.0 Å². The summed E-state index contributed by atoms with van der Waals surface area (Å²) >= 11 is 34.1. The summed E-state index contributed by atoms with van der Waals surface area (Å²) in [5, 5.41) is 8.88. The Morgan fingerprint density at radius 3 is 2.29 bits per heavy atom. The van der Waals surface area contributed by atoms with Crippen molar-refractivity contribution >= 4 is 86.9 Å². The molecule has 0 radical (unpaired) electrons. The topological polar surface area (TPSA) is 53.2 Å². The van der Waals surface area contributed by atoms with Gasteiger partial charge < -0.3 is 16.0 Å². The van der Waals surface area contributed by atoms with Crippen LogP contribution in [0.25, 0.3) is 0 Å². The zero-order chi connectivity index (χ0) is 16.2. The number of amides is 1. The lowest BCUT2D eigenvalue weighted by Gasteiger charge is -2.27. The molecule has 0 fully saturated rings. The predicted molar refractivity (Wildman–Crippen MR) is 93.7 cm³/mol. The van der Waals surface area contributed by atoms with Crippen molar-refractivity contribution in [1.82, 2.24) is 10.6 Å². The fraction of sp³-hybridized carbons (Fsp3) is 0.273. The van der Waals surface area contributed by atoms with E-state index in [4.69, 9.17) is 70.2 Å². The molecule has 1 aromatic rings. The summed E-state index contributed by atoms with van der Waals surface area (Å²) in [6.07, 6.45) is -0.997. The largest absolute Gasteiger partial charge is 0.339 e. The second-order valence-corrected chi connectivity index (χ2v) is 7.49. The van der Waals surface area contributed by atoms with E-state index in [1.165, 1.54) is 6.92 Å². The highest BCUT2D eigenvalue weighted by molar-refractivity contribution is 7.80. The standard InChI is InChI=1S/C11H10Cl5N3OS/c1-5(20)17-9(11(14,15)16)19-10(21)18-6-2-3-7(12)8(13)4-6/h2-4,9H,1H3,(H,17,20)(H2,18,19,21)/t9-/m0/s1. The summed E-state index contributed by atoms with van der Waals surface area (Å²) in [5.74, 6) is -0.379. The van der Waals surface area contributed by atoms with E-state index in [1.54, 1.807) is 18.2 Å². The number of anilines is 1. The predicted octanol–water partition coefficient (Wildman–Crippen LogP) is 4.11. The molecule has 10 heteroatoms. The fourth-order valence-corrected chi connectivity index (χ4v) is 2.14. The summed E-state index contributed by atoms with van der Waals surface area (Å²) in [6, 6.07) is 4.86. The van der Waals surface area contributed by atoms with Gasteiger partial charge in [0.1, 0.15) is 6.17 Å². The molecule has 0 aliphatic heterocycles. The number of rotatable bonds is 3. The van der Waals surface area contributed by atoms with Gasteiger partial charge in [0.2, 0.25) is 9.70 Å². The zero-order valence-corrected chi connectivity index (χ0v) is 15.1. The monoisotopic (exact) mass is 407 g/mol. The molecule has 0 bridgehead atoms. The van der Waals surface area contributed by atoms with Gasteiger partial charge in [-0.1, -0.05) is 58.0 Å². The van der Waals surface area contributed by atoms with Crippen molar-refractivity contribution in [3.8, 4) is 0 Å². The van der Waals surface area contributed by atoms with Crippen molar-refractivity contribution < 1.29 is 4.79 Å². The molecule has 0 saturated heterocycles. The van der Waals surface area contributed by atoms with Crippen molar-refractivity contribution in [2.45, 2.75) is 16.9 Å². The Kier molecular flexibility index (Phi) is 7.10. The molecule has 21 heavy (non-hydrogen) atoms. The lowest BCUT2D eigenvalue weighted by molar-refractivity contribution is -0.119. The molecule has 0 saturated carbocycles. The molecule has 1 amide bonds. The van der Waals surface area contributed by atoms with E-state index in [9.17, 15) is 4.79 Å². The van der Waals surface area contributed by atoms with Gasteiger partial charge in [0, 0.05) is 12.6 Å². The number of hydrogen-bond acceptors (Lipinski definition) is 2. The smallest absolute Gasteiger partial charge is 0.228 e.